The van der Waals surface area contributed by atoms with Gasteiger partial charge in [-0.25, -0.2) is 0 Å². The molecule has 2 N–H and O–H groups in total. The number of rotatable bonds is 7. The van der Waals surface area contributed by atoms with Crippen LogP contribution in [0.2, 0.25) is 0 Å². The minimum Gasteiger partial charge on any atom is -0.330 e. The van der Waals surface area contributed by atoms with Gasteiger partial charge in [0, 0.05) is 5.92 Å². The van der Waals surface area contributed by atoms with Crippen molar-refractivity contribution < 1.29 is 0 Å². The Morgan fingerprint density at radius 3 is 2.73 bits per heavy atom. The quantitative estimate of drug-likeness (QED) is 0.655. The van der Waals surface area contributed by atoms with Crippen molar-refractivity contribution in [1.29, 1.82) is 5.26 Å². The SMILES string of the molecule is CC[C@@H](C#N)C(C)CCC=C(S)CCN. The van der Waals surface area contributed by atoms with Gasteiger partial charge in [-0.3, -0.25) is 0 Å². The molecule has 0 amide bonds. The molecule has 1 unspecified atom stereocenters. The highest BCUT2D eigenvalue weighted by atomic mass is 32.1. The van der Waals surface area contributed by atoms with Crippen LogP contribution in [0, 0.1) is 23.2 Å². The van der Waals surface area contributed by atoms with Gasteiger partial charge in [0.2, 0.25) is 0 Å². The molecule has 0 radical (unpaired) electrons. The standard InChI is InChI=1S/C12H22N2S/c1-3-11(9-14)10(2)5-4-6-12(15)7-8-13/h6,10-11,15H,3-5,7-8,13H2,1-2H3/t10?,11-/m0/s1. The first-order valence-electron chi connectivity index (χ1n) is 5.63. The van der Waals surface area contributed by atoms with Gasteiger partial charge in [0.05, 0.1) is 6.07 Å². The maximum Gasteiger partial charge on any atom is 0.0658 e. The van der Waals surface area contributed by atoms with Crippen LogP contribution in [0.3, 0.4) is 0 Å². The maximum atomic E-state index is 8.89. The highest BCUT2D eigenvalue weighted by molar-refractivity contribution is 7.84. The third-order valence-electron chi connectivity index (χ3n) is 2.69. The number of nitriles is 1. The van der Waals surface area contributed by atoms with E-state index in [1.165, 1.54) is 0 Å². The number of hydrogen-bond acceptors (Lipinski definition) is 3. The predicted octanol–water partition coefficient (Wildman–Crippen LogP) is 3.11. The molecule has 0 rings (SSSR count). The molecule has 0 aromatic carbocycles. The Bertz CT molecular complexity index is 230. The van der Waals surface area contributed by atoms with Crippen LogP contribution in [0.1, 0.15) is 39.5 Å². The summed E-state index contributed by atoms with van der Waals surface area (Å²) in [5.74, 6) is 0.659. The van der Waals surface area contributed by atoms with E-state index in [2.05, 4.69) is 38.6 Å². The zero-order valence-corrected chi connectivity index (χ0v) is 10.6. The van der Waals surface area contributed by atoms with Crippen LogP contribution in [0.4, 0.5) is 0 Å². The van der Waals surface area contributed by atoms with Gasteiger partial charge in [-0.15, -0.1) is 12.6 Å². The second kappa shape index (κ2) is 8.82. The van der Waals surface area contributed by atoms with E-state index in [4.69, 9.17) is 11.0 Å². The van der Waals surface area contributed by atoms with Gasteiger partial charge in [0.15, 0.2) is 0 Å². The fourth-order valence-corrected chi connectivity index (χ4v) is 1.84. The second-order valence-electron chi connectivity index (χ2n) is 3.93. The summed E-state index contributed by atoms with van der Waals surface area (Å²) < 4.78 is 0. The van der Waals surface area contributed by atoms with Crippen molar-refractivity contribution in [1.82, 2.24) is 0 Å². The molecule has 0 aliphatic rings. The molecule has 0 saturated heterocycles. The number of nitrogens with two attached hydrogens (primary N) is 1. The summed E-state index contributed by atoms with van der Waals surface area (Å²) in [5.41, 5.74) is 5.42. The second-order valence-corrected chi connectivity index (χ2v) is 4.51. The van der Waals surface area contributed by atoms with Crippen molar-refractivity contribution in [2.45, 2.75) is 39.5 Å². The summed E-state index contributed by atoms with van der Waals surface area (Å²) in [6.45, 7) is 4.87. The lowest BCUT2D eigenvalue weighted by Gasteiger charge is -2.14. The van der Waals surface area contributed by atoms with Gasteiger partial charge in [0.1, 0.15) is 0 Å². The van der Waals surface area contributed by atoms with Crippen molar-refractivity contribution in [3.05, 3.63) is 11.0 Å². The predicted molar refractivity (Wildman–Crippen MR) is 68.5 cm³/mol. The van der Waals surface area contributed by atoms with Gasteiger partial charge in [-0.1, -0.05) is 19.9 Å². The Hall–Kier alpha value is -0.460. The Labute approximate surface area is 99.0 Å². The van der Waals surface area contributed by atoms with Crippen molar-refractivity contribution in [3.8, 4) is 6.07 Å². The molecule has 0 aliphatic carbocycles. The smallest absolute Gasteiger partial charge is 0.0658 e. The van der Waals surface area contributed by atoms with Gasteiger partial charge in [-0.2, -0.15) is 5.26 Å². The molecule has 0 fully saturated rings. The van der Waals surface area contributed by atoms with E-state index in [9.17, 15) is 0 Å². The fraction of sp³-hybridized carbons (Fsp3) is 0.750. The van der Waals surface area contributed by atoms with Crippen LogP contribution in [-0.2, 0) is 0 Å². The van der Waals surface area contributed by atoms with Gasteiger partial charge < -0.3 is 5.73 Å². The topological polar surface area (TPSA) is 49.8 Å². The Morgan fingerprint density at radius 2 is 2.27 bits per heavy atom. The third kappa shape index (κ3) is 6.59. The molecule has 0 aromatic heterocycles. The van der Waals surface area contributed by atoms with E-state index in [1.54, 1.807) is 0 Å². The average molecular weight is 226 g/mol. The summed E-state index contributed by atoms with van der Waals surface area (Å²) in [5, 5.41) is 8.89. The first-order valence-corrected chi connectivity index (χ1v) is 6.08. The molecule has 0 spiro atoms. The molecule has 15 heavy (non-hydrogen) atoms. The first kappa shape index (κ1) is 14.5. The minimum atomic E-state index is 0.191. The zero-order chi connectivity index (χ0) is 11.7. The molecule has 0 aromatic rings. The minimum absolute atomic E-state index is 0.191. The molecule has 2 atom stereocenters. The number of nitrogens with zero attached hydrogens (tertiary/aromatic N) is 1. The summed E-state index contributed by atoms with van der Waals surface area (Å²) in [6.07, 6.45) is 5.97. The Kier molecular flexibility index (Phi) is 8.55. The van der Waals surface area contributed by atoms with Crippen molar-refractivity contribution >= 4 is 12.6 Å². The monoisotopic (exact) mass is 226 g/mol. The first-order chi connectivity index (χ1) is 7.15. The Morgan fingerprint density at radius 1 is 1.60 bits per heavy atom. The van der Waals surface area contributed by atoms with Crippen LogP contribution >= 0.6 is 12.6 Å². The molecular weight excluding hydrogens is 204 g/mol. The number of hydrogen-bond donors (Lipinski definition) is 2. The highest BCUT2D eigenvalue weighted by Gasteiger charge is 2.13. The van der Waals surface area contributed by atoms with Crippen LogP contribution in [0.15, 0.2) is 11.0 Å². The van der Waals surface area contributed by atoms with E-state index >= 15 is 0 Å². The van der Waals surface area contributed by atoms with Gasteiger partial charge in [-0.05, 0) is 43.1 Å². The molecule has 0 aliphatic heterocycles. The summed E-state index contributed by atoms with van der Waals surface area (Å²) in [7, 11) is 0. The molecule has 3 heteroatoms. The summed E-state index contributed by atoms with van der Waals surface area (Å²) in [6, 6.07) is 2.35. The van der Waals surface area contributed by atoms with E-state index in [-0.39, 0.29) is 5.92 Å². The third-order valence-corrected chi connectivity index (χ3v) is 3.10. The maximum absolute atomic E-state index is 8.89. The lowest BCUT2D eigenvalue weighted by molar-refractivity contribution is 0.403. The van der Waals surface area contributed by atoms with Crippen LogP contribution in [-0.4, -0.2) is 6.54 Å². The molecule has 2 nitrogen and oxygen atoms in total. The van der Waals surface area contributed by atoms with Crippen molar-refractivity contribution in [2.24, 2.45) is 17.6 Å². The zero-order valence-electron chi connectivity index (χ0n) is 9.74. The van der Waals surface area contributed by atoms with E-state index < -0.39 is 0 Å². The van der Waals surface area contributed by atoms with E-state index in [1.807, 2.05) is 0 Å². The summed E-state index contributed by atoms with van der Waals surface area (Å²) >= 11 is 4.33. The average Bonchev–Trinajstić information content (AvgIpc) is 2.20. The lowest BCUT2D eigenvalue weighted by Crippen LogP contribution is -2.08. The molecule has 0 bridgehead atoms. The summed E-state index contributed by atoms with van der Waals surface area (Å²) in [4.78, 5) is 1.06. The van der Waals surface area contributed by atoms with Gasteiger partial charge in [0.25, 0.3) is 0 Å². The molecule has 86 valence electrons. The largest absolute Gasteiger partial charge is 0.330 e. The highest BCUT2D eigenvalue weighted by Crippen LogP contribution is 2.20. The molecular formula is C12H22N2S. The van der Waals surface area contributed by atoms with Crippen molar-refractivity contribution in [3.63, 3.8) is 0 Å². The van der Waals surface area contributed by atoms with E-state index in [0.29, 0.717) is 12.5 Å². The fourth-order valence-electron chi connectivity index (χ4n) is 1.58. The van der Waals surface area contributed by atoms with Crippen molar-refractivity contribution in [2.75, 3.05) is 6.54 Å². The van der Waals surface area contributed by atoms with Gasteiger partial charge >= 0.3 is 0 Å². The van der Waals surface area contributed by atoms with Crippen LogP contribution < -0.4 is 5.73 Å². The normalized spacial score (nSPS) is 15.8. The van der Waals surface area contributed by atoms with Crippen LogP contribution in [0.25, 0.3) is 0 Å². The Balaban J connectivity index is 3.85. The molecule has 0 saturated carbocycles. The lowest BCUT2D eigenvalue weighted by atomic mass is 9.89. The number of thiol groups is 1. The number of allylic oxidation sites excluding steroid dienone is 1. The molecule has 0 heterocycles. The van der Waals surface area contributed by atoms with E-state index in [0.717, 1.165) is 30.6 Å². The van der Waals surface area contributed by atoms with Crippen LogP contribution in [0.5, 0.6) is 0 Å².